The molecule has 23 heavy (non-hydrogen) atoms. The third-order valence-electron chi connectivity index (χ3n) is 3.34. The minimum Gasteiger partial charge on any atom is -0.258 e. The van der Waals surface area contributed by atoms with Crippen molar-refractivity contribution in [1.82, 2.24) is 19.7 Å². The molecule has 0 spiro atoms. The topological polar surface area (TPSA) is 43.6 Å². The molecular formula is C15H10BrCl3N4. The van der Waals surface area contributed by atoms with Crippen molar-refractivity contribution in [3.63, 3.8) is 0 Å². The van der Waals surface area contributed by atoms with Crippen LogP contribution >= 0.6 is 50.7 Å². The van der Waals surface area contributed by atoms with Gasteiger partial charge in [-0.25, -0.2) is 4.98 Å². The Labute approximate surface area is 156 Å². The number of pyridine rings is 1. The zero-order chi connectivity index (χ0) is 16.4. The van der Waals surface area contributed by atoms with Crippen LogP contribution in [0.3, 0.4) is 0 Å². The predicted octanol–water partition coefficient (Wildman–Crippen LogP) is 4.97. The summed E-state index contributed by atoms with van der Waals surface area (Å²) < 4.78 is 1.00. The predicted molar refractivity (Wildman–Crippen MR) is 95.4 cm³/mol. The standard InChI is InChI=1S/C15H10BrCl3N4/c16-15(7-23-9-20-8-22-23,14-4-2-11(18)6-21-14)12-3-1-10(17)5-13(12)19/h1-6,8-9H,7H2. The molecule has 0 aliphatic rings. The average molecular weight is 433 g/mol. The van der Waals surface area contributed by atoms with Crippen molar-refractivity contribution in [3.8, 4) is 0 Å². The Morgan fingerprint density at radius 2 is 1.87 bits per heavy atom. The second kappa shape index (κ2) is 6.77. The number of rotatable bonds is 4. The molecule has 3 aromatic rings. The maximum atomic E-state index is 6.42. The van der Waals surface area contributed by atoms with Crippen molar-refractivity contribution in [2.75, 3.05) is 0 Å². The Morgan fingerprint density at radius 3 is 2.48 bits per heavy atom. The van der Waals surface area contributed by atoms with Crippen LogP contribution in [-0.4, -0.2) is 19.7 Å². The fourth-order valence-corrected chi connectivity index (χ4v) is 3.90. The molecule has 2 aromatic heterocycles. The van der Waals surface area contributed by atoms with Gasteiger partial charge in [0.15, 0.2) is 0 Å². The van der Waals surface area contributed by atoms with Gasteiger partial charge in [-0.05, 0) is 29.8 Å². The lowest BCUT2D eigenvalue weighted by Gasteiger charge is -2.28. The molecule has 3 rings (SSSR count). The molecule has 0 N–H and O–H groups in total. The van der Waals surface area contributed by atoms with Crippen LogP contribution in [0.5, 0.6) is 0 Å². The third kappa shape index (κ3) is 3.53. The smallest absolute Gasteiger partial charge is 0.137 e. The molecule has 0 aliphatic heterocycles. The van der Waals surface area contributed by atoms with E-state index in [1.54, 1.807) is 35.4 Å². The van der Waals surface area contributed by atoms with Crippen molar-refractivity contribution < 1.29 is 0 Å². The molecule has 118 valence electrons. The maximum Gasteiger partial charge on any atom is 0.137 e. The van der Waals surface area contributed by atoms with Gasteiger partial charge in [-0.1, -0.05) is 56.8 Å². The zero-order valence-corrected chi connectivity index (χ0v) is 15.5. The Balaban J connectivity index is 2.14. The fourth-order valence-electron chi connectivity index (χ4n) is 2.26. The molecule has 2 heterocycles. The summed E-state index contributed by atoms with van der Waals surface area (Å²) in [6.07, 6.45) is 4.71. The van der Waals surface area contributed by atoms with Gasteiger partial charge in [0.25, 0.3) is 0 Å². The van der Waals surface area contributed by atoms with Crippen LogP contribution in [0.15, 0.2) is 49.2 Å². The first-order chi connectivity index (χ1) is 11.0. The Kier molecular flexibility index (Phi) is 4.92. The minimum absolute atomic E-state index is 0.447. The van der Waals surface area contributed by atoms with Crippen molar-refractivity contribution in [2.45, 2.75) is 10.9 Å². The molecule has 0 saturated heterocycles. The van der Waals surface area contributed by atoms with E-state index in [4.69, 9.17) is 34.8 Å². The highest BCUT2D eigenvalue weighted by Gasteiger charge is 2.35. The summed E-state index contributed by atoms with van der Waals surface area (Å²) >= 11 is 22.2. The first-order valence-corrected chi connectivity index (χ1v) is 8.50. The summed E-state index contributed by atoms with van der Waals surface area (Å²) in [5.74, 6) is 0. The maximum absolute atomic E-state index is 6.42. The van der Waals surface area contributed by atoms with Crippen LogP contribution in [0.25, 0.3) is 0 Å². The van der Waals surface area contributed by atoms with Gasteiger partial charge in [0.1, 0.15) is 17.0 Å². The number of halogens is 4. The second-order valence-corrected chi connectivity index (χ2v) is 7.51. The van der Waals surface area contributed by atoms with Crippen molar-refractivity contribution in [1.29, 1.82) is 0 Å². The highest BCUT2D eigenvalue weighted by atomic mass is 79.9. The van der Waals surface area contributed by atoms with Gasteiger partial charge >= 0.3 is 0 Å². The van der Waals surface area contributed by atoms with Crippen molar-refractivity contribution >= 4 is 50.7 Å². The first kappa shape index (κ1) is 16.7. The van der Waals surface area contributed by atoms with Gasteiger partial charge in [0.2, 0.25) is 0 Å². The van der Waals surface area contributed by atoms with E-state index in [-0.39, 0.29) is 0 Å². The summed E-state index contributed by atoms with van der Waals surface area (Å²) in [4.78, 5) is 8.42. The number of aromatic nitrogens is 4. The number of alkyl halides is 1. The van der Waals surface area contributed by atoms with E-state index < -0.39 is 4.32 Å². The average Bonchev–Trinajstić information content (AvgIpc) is 3.00. The molecule has 0 radical (unpaired) electrons. The Hall–Kier alpha value is -1.14. The van der Waals surface area contributed by atoms with Crippen LogP contribution in [0.4, 0.5) is 0 Å². The Bertz CT molecular complexity index is 808. The number of benzene rings is 1. The molecule has 0 saturated carbocycles. The van der Waals surface area contributed by atoms with Crippen LogP contribution in [0, 0.1) is 0 Å². The van der Waals surface area contributed by atoms with Crippen LogP contribution in [0.1, 0.15) is 11.3 Å². The zero-order valence-electron chi connectivity index (χ0n) is 11.6. The highest BCUT2D eigenvalue weighted by Crippen LogP contribution is 2.43. The Morgan fingerprint density at radius 1 is 1.09 bits per heavy atom. The van der Waals surface area contributed by atoms with Gasteiger partial charge in [0.05, 0.1) is 17.3 Å². The van der Waals surface area contributed by atoms with Crippen LogP contribution in [-0.2, 0) is 10.9 Å². The summed E-state index contributed by atoms with van der Waals surface area (Å²) in [6, 6.07) is 8.98. The van der Waals surface area contributed by atoms with E-state index in [2.05, 4.69) is 31.0 Å². The van der Waals surface area contributed by atoms with Crippen molar-refractivity contribution in [2.24, 2.45) is 0 Å². The van der Waals surface area contributed by atoms with E-state index in [1.807, 2.05) is 12.1 Å². The summed E-state index contributed by atoms with van der Waals surface area (Å²) in [5.41, 5.74) is 1.58. The van der Waals surface area contributed by atoms with E-state index in [0.29, 0.717) is 21.6 Å². The molecule has 0 bridgehead atoms. The SMILES string of the molecule is Clc1ccc(C(Br)(Cn2cncn2)c2ccc(Cl)cc2Cl)nc1. The third-order valence-corrected chi connectivity index (χ3v) is 5.19. The lowest BCUT2D eigenvalue weighted by Crippen LogP contribution is -2.28. The largest absolute Gasteiger partial charge is 0.258 e. The van der Waals surface area contributed by atoms with Gasteiger partial charge in [-0.3, -0.25) is 9.67 Å². The van der Waals surface area contributed by atoms with E-state index in [9.17, 15) is 0 Å². The fraction of sp³-hybridized carbons (Fsp3) is 0.133. The molecular weight excluding hydrogens is 422 g/mol. The number of hydrogen-bond donors (Lipinski definition) is 0. The first-order valence-electron chi connectivity index (χ1n) is 6.58. The van der Waals surface area contributed by atoms with Crippen molar-refractivity contribution in [3.05, 3.63) is 75.5 Å². The molecule has 1 unspecified atom stereocenters. The van der Waals surface area contributed by atoms with Gasteiger partial charge < -0.3 is 0 Å². The van der Waals surface area contributed by atoms with E-state index >= 15 is 0 Å². The second-order valence-electron chi connectivity index (χ2n) is 4.88. The van der Waals surface area contributed by atoms with E-state index in [0.717, 1.165) is 11.3 Å². The molecule has 0 aliphatic carbocycles. The number of nitrogens with zero attached hydrogens (tertiary/aromatic N) is 4. The van der Waals surface area contributed by atoms with Crippen LogP contribution < -0.4 is 0 Å². The molecule has 8 heteroatoms. The summed E-state index contributed by atoms with van der Waals surface area (Å²) in [5, 5.41) is 5.83. The normalized spacial score (nSPS) is 13.7. The van der Waals surface area contributed by atoms with Gasteiger partial charge in [-0.2, -0.15) is 5.10 Å². The highest BCUT2D eigenvalue weighted by molar-refractivity contribution is 9.09. The molecule has 4 nitrogen and oxygen atoms in total. The summed E-state index contributed by atoms with van der Waals surface area (Å²) in [7, 11) is 0. The van der Waals surface area contributed by atoms with E-state index in [1.165, 1.54) is 6.33 Å². The monoisotopic (exact) mass is 430 g/mol. The quantitative estimate of drug-likeness (QED) is 0.547. The number of hydrogen-bond acceptors (Lipinski definition) is 3. The minimum atomic E-state index is -0.701. The van der Waals surface area contributed by atoms with Gasteiger partial charge in [0, 0.05) is 16.2 Å². The molecule has 1 aromatic carbocycles. The lowest BCUT2D eigenvalue weighted by atomic mass is 9.94. The molecule has 0 amide bonds. The molecule has 1 atom stereocenters. The lowest BCUT2D eigenvalue weighted by molar-refractivity contribution is 0.528. The summed E-state index contributed by atoms with van der Waals surface area (Å²) in [6.45, 7) is 0.447. The molecule has 0 fully saturated rings. The van der Waals surface area contributed by atoms with Gasteiger partial charge in [-0.15, -0.1) is 0 Å². The van der Waals surface area contributed by atoms with Crippen LogP contribution in [0.2, 0.25) is 15.1 Å².